The van der Waals surface area contributed by atoms with E-state index in [1.54, 1.807) is 12.7 Å². The molecule has 1 amide bonds. The van der Waals surface area contributed by atoms with Crippen molar-refractivity contribution < 1.29 is 9.90 Å². The molecule has 5 rings (SSSR count). The average Bonchev–Trinajstić information content (AvgIpc) is 3.82. The number of carbonyl (C=O) groups excluding carboxylic acids is 1. The number of nitrogens with zero attached hydrogens (tertiary/aromatic N) is 3. The predicted molar refractivity (Wildman–Crippen MR) is 183 cm³/mol. The summed E-state index contributed by atoms with van der Waals surface area (Å²) in [5, 5.41) is 8.44. The van der Waals surface area contributed by atoms with Crippen molar-refractivity contribution in [1.82, 2.24) is 24.8 Å². The van der Waals surface area contributed by atoms with E-state index < -0.39 is 0 Å². The maximum Gasteiger partial charge on any atom is 0.222 e. The smallest absolute Gasteiger partial charge is 0.222 e. The van der Waals surface area contributed by atoms with Gasteiger partial charge in [-0.2, -0.15) is 0 Å². The number of benzene rings is 2. The zero-order valence-electron chi connectivity index (χ0n) is 25.1. The van der Waals surface area contributed by atoms with Crippen molar-refractivity contribution in [3.8, 4) is 72.2 Å². The number of carbonyl (C=O) groups is 1. The van der Waals surface area contributed by atoms with E-state index in [1.807, 2.05) is 29.2 Å². The van der Waals surface area contributed by atoms with Crippen LogP contribution in [0, 0.1) is 44.5 Å². The number of aromatic nitrogens is 4. The van der Waals surface area contributed by atoms with Gasteiger partial charge in [0.15, 0.2) is 0 Å². The summed E-state index contributed by atoms with van der Waals surface area (Å²) in [4.78, 5) is 27.5. The average molecular weight is 636 g/mol. The van der Waals surface area contributed by atoms with E-state index in [1.165, 1.54) is 6.42 Å². The summed E-state index contributed by atoms with van der Waals surface area (Å²) in [6.45, 7) is 5.98. The highest BCUT2D eigenvalue weighted by molar-refractivity contribution is 6.32. The number of imidazole rings is 2. The van der Waals surface area contributed by atoms with Gasteiger partial charge in [-0.3, -0.25) is 4.79 Å². The molecule has 3 heterocycles. The van der Waals surface area contributed by atoms with E-state index in [-0.39, 0.29) is 6.73 Å². The van der Waals surface area contributed by atoms with Crippen LogP contribution in [0.4, 0.5) is 0 Å². The lowest BCUT2D eigenvalue weighted by atomic mass is 10.0. The Morgan fingerprint density at radius 1 is 0.864 bits per heavy atom. The number of nitrogens with one attached hydrogen (secondary N) is 2. The Labute approximate surface area is 271 Å². The van der Waals surface area contributed by atoms with Crippen molar-refractivity contribution in [2.75, 3.05) is 19.8 Å². The number of hydrogen-bond donors (Lipinski definition) is 4. The number of aliphatic hydroxyl groups excluding tert-OH is 1. The minimum Gasteiger partial charge on any atom is -0.382 e. The molecule has 1 aliphatic rings. The van der Waals surface area contributed by atoms with Gasteiger partial charge >= 0.3 is 0 Å². The van der Waals surface area contributed by atoms with Crippen LogP contribution in [0.5, 0.6) is 0 Å². The molecule has 0 unspecified atom stereocenters. The lowest BCUT2D eigenvalue weighted by molar-refractivity contribution is -0.130. The fourth-order valence-electron chi connectivity index (χ4n) is 4.13. The first-order valence-corrected chi connectivity index (χ1v) is 14.3. The van der Waals surface area contributed by atoms with Crippen LogP contribution in [-0.2, 0) is 4.79 Å². The minimum absolute atomic E-state index is 0.250. The number of halogens is 2. The molecule has 232 valence electrons. The summed E-state index contributed by atoms with van der Waals surface area (Å²) in [7, 11) is 0. The second kappa shape index (κ2) is 23.0. The highest BCUT2D eigenvalue weighted by atomic mass is 35.5. The Kier molecular flexibility index (Phi) is 20.7. The van der Waals surface area contributed by atoms with Crippen LogP contribution >= 0.6 is 23.2 Å². The van der Waals surface area contributed by atoms with Crippen LogP contribution in [0.1, 0.15) is 33.1 Å². The Morgan fingerprint density at radius 3 is 1.50 bits per heavy atom. The molecule has 0 saturated carbocycles. The van der Waals surface area contributed by atoms with Crippen molar-refractivity contribution in [2.45, 2.75) is 33.1 Å². The third kappa shape index (κ3) is 12.4. The first-order valence-electron chi connectivity index (χ1n) is 13.6. The van der Waals surface area contributed by atoms with Crippen LogP contribution in [0.2, 0.25) is 10.3 Å². The molecule has 44 heavy (non-hydrogen) atoms. The number of terminal acetylenes is 3. The van der Waals surface area contributed by atoms with Gasteiger partial charge in [-0.15, -0.1) is 38.5 Å². The molecule has 1 fully saturated rings. The SMILES string of the molecule is C#C.C#C.C#C.CCCC(=O)N1CC[C@@H](C)C1.Clc1[nH]cnc1-c1ccc(-c2ccc(-c3nc[nH]c3Cl)cc2)cc1.NCO. The number of amides is 1. The third-order valence-corrected chi connectivity index (χ3v) is 6.65. The molecule has 0 radical (unpaired) electrons. The number of H-pyrrole nitrogens is 2. The Hall–Kier alpha value is -4.49. The molecule has 1 saturated heterocycles. The molecule has 2 aromatic heterocycles. The quantitative estimate of drug-likeness (QED) is 0.143. The van der Waals surface area contributed by atoms with E-state index in [0.717, 1.165) is 65.5 Å². The van der Waals surface area contributed by atoms with Gasteiger partial charge < -0.3 is 25.7 Å². The fraction of sp³-hybridized carbons (Fsp3) is 0.265. The normalized spacial score (nSPS) is 12.5. The second-order valence-corrected chi connectivity index (χ2v) is 9.71. The molecule has 8 nitrogen and oxygen atoms in total. The Bertz CT molecular complexity index is 1310. The molecule has 1 atom stereocenters. The topological polar surface area (TPSA) is 124 Å². The van der Waals surface area contributed by atoms with E-state index in [4.69, 9.17) is 28.3 Å². The molecule has 2 aromatic carbocycles. The van der Waals surface area contributed by atoms with Crippen LogP contribution in [-0.4, -0.2) is 55.7 Å². The Balaban J connectivity index is 0.000000776. The van der Waals surface area contributed by atoms with E-state index in [9.17, 15) is 4.79 Å². The number of likely N-dealkylation sites (tertiary alicyclic amines) is 1. The first kappa shape index (κ1) is 39.5. The fourth-order valence-corrected chi connectivity index (χ4v) is 4.55. The lowest BCUT2D eigenvalue weighted by Gasteiger charge is -2.14. The maximum atomic E-state index is 11.3. The summed E-state index contributed by atoms with van der Waals surface area (Å²) in [6.07, 6.45) is 30.1. The summed E-state index contributed by atoms with van der Waals surface area (Å²) >= 11 is 12.1. The number of rotatable bonds is 5. The molecule has 4 aromatic rings. The first-order chi connectivity index (χ1) is 21.4. The van der Waals surface area contributed by atoms with Crippen LogP contribution < -0.4 is 5.73 Å². The van der Waals surface area contributed by atoms with E-state index in [0.29, 0.717) is 16.2 Å². The molecule has 10 heteroatoms. The summed E-state index contributed by atoms with van der Waals surface area (Å²) in [5.41, 5.74) is 10.1. The largest absolute Gasteiger partial charge is 0.382 e. The van der Waals surface area contributed by atoms with Gasteiger partial charge in [0, 0.05) is 30.6 Å². The molecular formula is C34H40Cl2N6O2. The number of nitrogens with two attached hydrogens (primary N) is 1. The van der Waals surface area contributed by atoms with E-state index >= 15 is 0 Å². The third-order valence-electron chi connectivity index (χ3n) is 6.08. The van der Waals surface area contributed by atoms with Crippen molar-refractivity contribution in [3.05, 3.63) is 71.5 Å². The zero-order chi connectivity index (χ0) is 33.5. The van der Waals surface area contributed by atoms with Crippen LogP contribution in [0.15, 0.2) is 61.2 Å². The van der Waals surface area contributed by atoms with Crippen molar-refractivity contribution >= 4 is 29.1 Å². The highest BCUT2D eigenvalue weighted by Crippen LogP contribution is 2.30. The van der Waals surface area contributed by atoms with Gasteiger partial charge in [-0.1, -0.05) is 85.6 Å². The van der Waals surface area contributed by atoms with Crippen molar-refractivity contribution in [1.29, 1.82) is 0 Å². The van der Waals surface area contributed by atoms with Gasteiger partial charge in [-0.25, -0.2) is 9.97 Å². The second-order valence-electron chi connectivity index (χ2n) is 8.95. The summed E-state index contributed by atoms with van der Waals surface area (Å²) in [5.74, 6) is 1.06. The molecule has 1 aliphatic heterocycles. The van der Waals surface area contributed by atoms with Gasteiger partial charge in [-0.05, 0) is 29.9 Å². The van der Waals surface area contributed by atoms with Crippen molar-refractivity contribution in [2.24, 2.45) is 11.7 Å². The van der Waals surface area contributed by atoms with E-state index in [2.05, 4.69) is 102 Å². The predicted octanol–water partition coefficient (Wildman–Crippen LogP) is 6.74. The number of aliphatic hydroxyl groups is 1. The van der Waals surface area contributed by atoms with Crippen LogP contribution in [0.25, 0.3) is 33.6 Å². The molecule has 5 N–H and O–H groups in total. The molecule has 0 bridgehead atoms. The number of aromatic amines is 2. The maximum absolute atomic E-state index is 11.3. The monoisotopic (exact) mass is 634 g/mol. The minimum atomic E-state index is -0.250. The number of hydrogen-bond acceptors (Lipinski definition) is 5. The van der Waals surface area contributed by atoms with Gasteiger partial charge in [0.1, 0.15) is 21.7 Å². The Morgan fingerprint density at radius 2 is 1.23 bits per heavy atom. The molecule has 0 aliphatic carbocycles. The van der Waals surface area contributed by atoms with Gasteiger partial charge in [0.2, 0.25) is 5.91 Å². The molecule has 0 spiro atoms. The van der Waals surface area contributed by atoms with Gasteiger partial charge in [0.05, 0.1) is 19.4 Å². The zero-order valence-corrected chi connectivity index (χ0v) is 26.6. The summed E-state index contributed by atoms with van der Waals surface area (Å²) < 4.78 is 0. The molecular weight excluding hydrogens is 595 g/mol. The summed E-state index contributed by atoms with van der Waals surface area (Å²) in [6, 6.07) is 16.2. The lowest BCUT2D eigenvalue weighted by Crippen LogP contribution is -2.27. The highest BCUT2D eigenvalue weighted by Gasteiger charge is 2.21. The van der Waals surface area contributed by atoms with Crippen LogP contribution in [0.3, 0.4) is 0 Å². The van der Waals surface area contributed by atoms with Gasteiger partial charge in [0.25, 0.3) is 0 Å². The van der Waals surface area contributed by atoms with Crippen molar-refractivity contribution in [3.63, 3.8) is 0 Å². The standard InChI is InChI=1S/C18H12Cl2N4.C9H17NO.3C2H2.CH5NO/c19-17-15(21-9-23-17)13-5-1-11(2-6-13)12-3-7-14(8-4-12)16-18(20)24-10-22-16;1-3-4-9(11)10-6-5-8(2)7-10;3*1-2;2-1-3/h1-10H,(H,21,23)(H,22,24);8H,3-7H2,1-2H3;3*1-2H;3H,1-2H2/t;8-;;;;/m.1..../s1.